The van der Waals surface area contributed by atoms with Gasteiger partial charge in [-0.05, 0) is 106 Å². The summed E-state index contributed by atoms with van der Waals surface area (Å²) in [6.45, 7) is 19.6. The van der Waals surface area contributed by atoms with Gasteiger partial charge in [0.15, 0.2) is 0 Å². The molecule has 0 aromatic carbocycles. The molecule has 1 N–H and O–H groups in total. The van der Waals surface area contributed by atoms with Crippen molar-refractivity contribution in [3.8, 4) is 0 Å². The number of hydrogen-bond acceptors (Lipinski definition) is 4. The van der Waals surface area contributed by atoms with Crippen LogP contribution in [0.5, 0.6) is 0 Å². The van der Waals surface area contributed by atoms with Crippen molar-refractivity contribution in [3.63, 3.8) is 0 Å². The number of esters is 1. The van der Waals surface area contributed by atoms with Crippen LogP contribution in [0.3, 0.4) is 0 Å². The van der Waals surface area contributed by atoms with Crippen molar-refractivity contribution < 1.29 is 19.4 Å². The van der Waals surface area contributed by atoms with Gasteiger partial charge in [0, 0.05) is 24.7 Å². The van der Waals surface area contributed by atoms with Gasteiger partial charge in [0.2, 0.25) is 0 Å². The minimum absolute atomic E-state index is 0.0417. The lowest BCUT2D eigenvalue weighted by atomic mass is 9.35. The summed E-state index contributed by atoms with van der Waals surface area (Å²) in [4.78, 5) is 26.0. The fourth-order valence-corrected chi connectivity index (χ4v) is 10.4. The molecule has 4 nitrogen and oxygen atoms in total. The largest absolute Gasteiger partial charge is 0.462 e. The maximum atomic E-state index is 14.1. The number of carbonyl (C=O) groups is 2. The van der Waals surface area contributed by atoms with Gasteiger partial charge in [0.05, 0.1) is 5.60 Å². The zero-order valence-electron chi connectivity index (χ0n) is 24.5. The lowest BCUT2D eigenvalue weighted by Gasteiger charge is -2.69. The zero-order chi connectivity index (χ0) is 26.9. The molecule has 0 spiro atoms. The van der Waals surface area contributed by atoms with Crippen molar-refractivity contribution in [1.29, 1.82) is 0 Å². The molecule has 4 heteroatoms. The standard InChI is InChI=1S/C32H52O4/c1-20(2)11-10-15-32(9,35)22-12-17-31(8)27(22)23(34)19-25-29(6)16-14-26(36-21(3)33)28(4,5)24(29)13-18-30(25,31)7/h11,22,24-27,35H,10,12-19H2,1-9H3/t22?,24?,25?,26-,27?,29-,30+,31+,32?/m0/s1. The van der Waals surface area contributed by atoms with E-state index in [2.05, 4.69) is 54.5 Å². The van der Waals surface area contributed by atoms with Crippen molar-refractivity contribution >= 4 is 11.8 Å². The number of fused-ring (bicyclic) bond motifs is 5. The first-order valence-electron chi connectivity index (χ1n) is 14.6. The van der Waals surface area contributed by atoms with E-state index in [1.54, 1.807) is 0 Å². The molecule has 9 atom stereocenters. The Morgan fingerprint density at radius 2 is 1.64 bits per heavy atom. The van der Waals surface area contributed by atoms with Crippen LogP contribution in [0.25, 0.3) is 0 Å². The predicted octanol–water partition coefficient (Wildman–Crippen LogP) is 7.28. The molecule has 0 radical (unpaired) electrons. The first-order chi connectivity index (χ1) is 16.5. The van der Waals surface area contributed by atoms with Crippen LogP contribution in [0.2, 0.25) is 0 Å². The number of Topliss-reactive ketones (excluding diaryl/α,β-unsaturated/α-hetero) is 1. The maximum absolute atomic E-state index is 14.1. The van der Waals surface area contributed by atoms with Gasteiger partial charge in [-0.15, -0.1) is 0 Å². The molecule has 0 heterocycles. The number of carbonyl (C=O) groups excluding carboxylic acids is 2. The second-order valence-electron chi connectivity index (χ2n) is 14.9. The van der Waals surface area contributed by atoms with E-state index in [1.807, 2.05) is 6.92 Å². The third-order valence-corrected chi connectivity index (χ3v) is 12.4. The predicted molar refractivity (Wildman–Crippen MR) is 144 cm³/mol. The smallest absolute Gasteiger partial charge is 0.302 e. The van der Waals surface area contributed by atoms with Gasteiger partial charge in [-0.3, -0.25) is 9.59 Å². The van der Waals surface area contributed by atoms with E-state index in [9.17, 15) is 14.7 Å². The molecule has 4 rings (SSSR count). The van der Waals surface area contributed by atoms with Gasteiger partial charge >= 0.3 is 5.97 Å². The third-order valence-electron chi connectivity index (χ3n) is 12.4. The summed E-state index contributed by atoms with van der Waals surface area (Å²) in [6.07, 6.45) is 10.5. The summed E-state index contributed by atoms with van der Waals surface area (Å²) in [5, 5.41) is 11.7. The van der Waals surface area contributed by atoms with Crippen LogP contribution in [-0.2, 0) is 14.3 Å². The highest BCUT2D eigenvalue weighted by Gasteiger charge is 2.71. The average molecular weight is 501 g/mol. The highest BCUT2D eigenvalue weighted by Crippen LogP contribution is 2.75. The van der Waals surface area contributed by atoms with E-state index >= 15 is 0 Å². The SMILES string of the molecule is CC(=O)O[C@H]1CC[C@@]2(C)C(CC[C@]3(C)C2CC(=O)C2C(C(C)(O)CCC=C(C)C)CC[C@]23C)C1(C)C. The molecule has 0 aromatic heterocycles. The molecule has 5 unspecified atom stereocenters. The number of hydrogen-bond donors (Lipinski definition) is 1. The van der Waals surface area contributed by atoms with Gasteiger partial charge in [-0.1, -0.05) is 46.3 Å². The zero-order valence-corrected chi connectivity index (χ0v) is 24.5. The Labute approximate surface area is 220 Å². The van der Waals surface area contributed by atoms with Gasteiger partial charge in [0.25, 0.3) is 0 Å². The van der Waals surface area contributed by atoms with Gasteiger partial charge in [0.1, 0.15) is 11.9 Å². The molecule has 4 aliphatic rings. The van der Waals surface area contributed by atoms with E-state index < -0.39 is 5.60 Å². The normalized spacial score (nSPS) is 45.1. The molecule has 4 saturated carbocycles. The Kier molecular flexibility index (Phi) is 6.93. The van der Waals surface area contributed by atoms with E-state index in [-0.39, 0.29) is 45.6 Å². The van der Waals surface area contributed by atoms with Crippen molar-refractivity contribution in [1.82, 2.24) is 0 Å². The Morgan fingerprint density at radius 1 is 1.00 bits per heavy atom. The first kappa shape index (κ1) is 27.9. The van der Waals surface area contributed by atoms with Gasteiger partial charge < -0.3 is 9.84 Å². The van der Waals surface area contributed by atoms with Crippen LogP contribution in [-0.4, -0.2) is 28.6 Å². The maximum Gasteiger partial charge on any atom is 0.302 e. The van der Waals surface area contributed by atoms with E-state index in [1.165, 1.54) is 12.5 Å². The molecule has 0 aliphatic heterocycles. The quantitative estimate of drug-likeness (QED) is 0.318. The fraction of sp³-hybridized carbons (Fsp3) is 0.875. The lowest BCUT2D eigenvalue weighted by molar-refractivity contribution is -0.225. The third kappa shape index (κ3) is 4.03. The summed E-state index contributed by atoms with van der Waals surface area (Å²) >= 11 is 0. The lowest BCUT2D eigenvalue weighted by Crippen LogP contribution is -2.66. The van der Waals surface area contributed by atoms with Crippen molar-refractivity contribution in [2.75, 3.05) is 0 Å². The van der Waals surface area contributed by atoms with Crippen LogP contribution < -0.4 is 0 Å². The number of aliphatic hydroxyl groups is 1. The summed E-state index contributed by atoms with van der Waals surface area (Å²) in [5.41, 5.74) is 0.407. The summed E-state index contributed by atoms with van der Waals surface area (Å²) in [7, 11) is 0. The van der Waals surface area contributed by atoms with Crippen LogP contribution in [0.4, 0.5) is 0 Å². The summed E-state index contributed by atoms with van der Waals surface area (Å²) < 4.78 is 5.83. The van der Waals surface area contributed by atoms with E-state index in [4.69, 9.17) is 4.74 Å². The van der Waals surface area contributed by atoms with E-state index in [0.29, 0.717) is 30.5 Å². The summed E-state index contributed by atoms with van der Waals surface area (Å²) in [5.74, 6) is 0.967. The molecule has 0 saturated heterocycles. The number of ketones is 1. The Bertz CT molecular complexity index is 926. The second-order valence-corrected chi connectivity index (χ2v) is 14.9. The Balaban J connectivity index is 1.65. The Hall–Kier alpha value is -1.16. The first-order valence-corrected chi connectivity index (χ1v) is 14.6. The minimum Gasteiger partial charge on any atom is -0.462 e. The summed E-state index contributed by atoms with van der Waals surface area (Å²) in [6, 6.07) is 0. The molecule has 0 aromatic rings. The monoisotopic (exact) mass is 500 g/mol. The number of allylic oxidation sites excluding steroid dienone is 2. The van der Waals surface area contributed by atoms with E-state index in [0.717, 1.165) is 44.9 Å². The van der Waals surface area contributed by atoms with Crippen LogP contribution in [0, 0.1) is 45.3 Å². The average Bonchev–Trinajstić information content (AvgIpc) is 3.12. The van der Waals surface area contributed by atoms with Crippen molar-refractivity contribution in [3.05, 3.63) is 11.6 Å². The van der Waals surface area contributed by atoms with Crippen LogP contribution in [0.15, 0.2) is 11.6 Å². The van der Waals surface area contributed by atoms with Crippen LogP contribution >= 0.6 is 0 Å². The topological polar surface area (TPSA) is 63.6 Å². The molecular formula is C32H52O4. The highest BCUT2D eigenvalue weighted by atomic mass is 16.5. The molecular weight excluding hydrogens is 448 g/mol. The number of ether oxygens (including phenoxy) is 1. The fourth-order valence-electron chi connectivity index (χ4n) is 10.4. The van der Waals surface area contributed by atoms with Crippen molar-refractivity contribution in [2.45, 2.75) is 132 Å². The minimum atomic E-state index is -0.821. The molecule has 4 aliphatic carbocycles. The van der Waals surface area contributed by atoms with Crippen LogP contribution in [0.1, 0.15) is 120 Å². The Morgan fingerprint density at radius 3 is 2.25 bits per heavy atom. The number of rotatable bonds is 5. The highest BCUT2D eigenvalue weighted by molar-refractivity contribution is 5.84. The molecule has 0 amide bonds. The second kappa shape index (κ2) is 8.95. The van der Waals surface area contributed by atoms with Crippen molar-refractivity contribution in [2.24, 2.45) is 45.3 Å². The molecule has 4 fully saturated rings. The molecule has 36 heavy (non-hydrogen) atoms. The molecule has 0 bridgehead atoms. The van der Waals surface area contributed by atoms with Gasteiger partial charge in [-0.2, -0.15) is 0 Å². The van der Waals surface area contributed by atoms with Gasteiger partial charge in [-0.25, -0.2) is 0 Å². The molecule has 204 valence electrons.